The van der Waals surface area contributed by atoms with E-state index in [0.717, 1.165) is 35.2 Å². The standard InChI is InChI=1S/C29H22F6N4O6/c1-27(2)23(39-25(41)38(26(42)45-39)20-8-4-6-18(13-20)29(33,34)35)37(19-7-3-5-17(12-19)28(30,31)32)24(40)36(27)14-16-9-10-21-22(11-16)44-15-43-21/h3-13,23H,14-15H2,1-2H3. The fraction of sp³-hybridized carbons (Fsp3) is 0.276. The Kier molecular flexibility index (Phi) is 6.78. The molecule has 0 aliphatic carbocycles. The van der Waals surface area contributed by atoms with Crippen molar-refractivity contribution in [1.29, 1.82) is 0 Å². The topological polar surface area (TPSA) is 99.2 Å². The number of carbonyl (C=O) groups excluding carboxylic acids is 1. The van der Waals surface area contributed by atoms with Gasteiger partial charge in [-0.1, -0.05) is 18.2 Å². The molecule has 1 atom stereocenters. The first-order valence-corrected chi connectivity index (χ1v) is 13.3. The van der Waals surface area contributed by atoms with E-state index in [4.69, 9.17) is 14.0 Å². The fourth-order valence-corrected chi connectivity index (χ4v) is 5.44. The number of halogens is 6. The van der Waals surface area contributed by atoms with Crippen molar-refractivity contribution in [3.05, 3.63) is 104 Å². The number of ether oxygens (including phenoxy) is 2. The number of nitrogens with zero attached hydrogens (tertiary/aromatic N) is 4. The Bertz CT molecular complexity index is 1930. The van der Waals surface area contributed by atoms with Gasteiger partial charge >= 0.3 is 29.8 Å². The maximum atomic E-state index is 14.1. The van der Waals surface area contributed by atoms with Crippen LogP contribution in [0.5, 0.6) is 11.5 Å². The van der Waals surface area contributed by atoms with Gasteiger partial charge in [-0.25, -0.2) is 14.4 Å². The third-order valence-electron chi connectivity index (χ3n) is 7.63. The molecule has 4 aromatic rings. The number of urea groups is 1. The Morgan fingerprint density at radius 3 is 2.04 bits per heavy atom. The Balaban J connectivity index is 1.50. The number of amides is 2. The zero-order valence-corrected chi connectivity index (χ0v) is 23.3. The predicted molar refractivity (Wildman–Crippen MR) is 144 cm³/mol. The van der Waals surface area contributed by atoms with Crippen molar-refractivity contribution in [3.8, 4) is 17.2 Å². The largest absolute Gasteiger partial charge is 0.454 e. The second-order valence-electron chi connectivity index (χ2n) is 10.9. The van der Waals surface area contributed by atoms with Gasteiger partial charge in [0, 0.05) is 12.2 Å². The maximum Gasteiger partial charge on any atom is 0.447 e. The molecule has 16 heteroatoms. The molecule has 45 heavy (non-hydrogen) atoms. The number of anilines is 1. The second kappa shape index (κ2) is 10.2. The first-order valence-electron chi connectivity index (χ1n) is 13.3. The second-order valence-corrected chi connectivity index (χ2v) is 10.9. The van der Waals surface area contributed by atoms with E-state index in [1.54, 1.807) is 18.2 Å². The van der Waals surface area contributed by atoms with Crippen LogP contribution in [0, 0.1) is 0 Å². The molecule has 236 valence electrons. The molecular formula is C29H22F6N4O6. The molecule has 0 bridgehead atoms. The van der Waals surface area contributed by atoms with Gasteiger partial charge in [-0.2, -0.15) is 30.9 Å². The number of rotatable bonds is 5. The van der Waals surface area contributed by atoms with E-state index in [1.165, 1.54) is 24.8 Å². The predicted octanol–water partition coefficient (Wildman–Crippen LogP) is 5.78. The Morgan fingerprint density at radius 1 is 0.800 bits per heavy atom. The van der Waals surface area contributed by atoms with Crippen LogP contribution in [0.2, 0.25) is 0 Å². The number of fused-ring (bicyclic) bond motifs is 1. The summed E-state index contributed by atoms with van der Waals surface area (Å²) in [6.45, 7) is 2.87. The molecule has 6 rings (SSSR count). The van der Waals surface area contributed by atoms with Crippen LogP contribution >= 0.6 is 0 Å². The molecule has 1 saturated heterocycles. The molecule has 2 aliphatic heterocycles. The van der Waals surface area contributed by atoms with E-state index in [-0.39, 0.29) is 19.0 Å². The van der Waals surface area contributed by atoms with E-state index in [1.807, 2.05) is 0 Å². The van der Waals surface area contributed by atoms with Crippen molar-refractivity contribution in [2.75, 3.05) is 11.7 Å². The van der Waals surface area contributed by atoms with Crippen LogP contribution in [-0.2, 0) is 18.9 Å². The van der Waals surface area contributed by atoms with Crippen molar-refractivity contribution in [1.82, 2.24) is 14.2 Å². The number of benzene rings is 3. The molecule has 1 aromatic heterocycles. The van der Waals surface area contributed by atoms with Crippen molar-refractivity contribution in [3.63, 3.8) is 0 Å². The third kappa shape index (κ3) is 5.09. The summed E-state index contributed by atoms with van der Waals surface area (Å²) in [4.78, 5) is 42.9. The summed E-state index contributed by atoms with van der Waals surface area (Å²) in [7, 11) is 0. The molecule has 10 nitrogen and oxygen atoms in total. The summed E-state index contributed by atoms with van der Waals surface area (Å²) in [5.74, 6) is -0.497. The minimum Gasteiger partial charge on any atom is -0.454 e. The summed E-state index contributed by atoms with van der Waals surface area (Å²) in [5, 5.41) is 0. The monoisotopic (exact) mass is 636 g/mol. The normalized spacial score (nSPS) is 17.8. The Labute approximate surface area is 249 Å². The number of hydrogen-bond acceptors (Lipinski definition) is 6. The zero-order chi connectivity index (χ0) is 32.5. The average molecular weight is 637 g/mol. The summed E-state index contributed by atoms with van der Waals surface area (Å²) in [5.41, 5.74) is -5.16. The van der Waals surface area contributed by atoms with E-state index in [9.17, 15) is 40.7 Å². The summed E-state index contributed by atoms with van der Waals surface area (Å²) in [6.07, 6.45) is -11.2. The quantitative estimate of drug-likeness (QED) is 0.258. The van der Waals surface area contributed by atoms with Gasteiger partial charge in [0.1, 0.15) is 0 Å². The van der Waals surface area contributed by atoms with E-state index < -0.39 is 58.3 Å². The van der Waals surface area contributed by atoms with Crippen molar-refractivity contribution >= 4 is 11.7 Å². The lowest BCUT2D eigenvalue weighted by molar-refractivity contribution is -0.138. The van der Waals surface area contributed by atoms with Crippen LogP contribution in [0.1, 0.15) is 36.7 Å². The van der Waals surface area contributed by atoms with Crippen LogP contribution < -0.4 is 25.8 Å². The summed E-state index contributed by atoms with van der Waals surface area (Å²) in [6, 6.07) is 11.2. The molecule has 3 aromatic carbocycles. The van der Waals surface area contributed by atoms with Crippen LogP contribution in [0.4, 0.5) is 36.8 Å². The molecule has 2 amide bonds. The number of alkyl halides is 6. The van der Waals surface area contributed by atoms with Crippen LogP contribution in [0.3, 0.4) is 0 Å². The van der Waals surface area contributed by atoms with Crippen LogP contribution in [-0.4, -0.2) is 32.6 Å². The molecule has 0 N–H and O–H groups in total. The average Bonchev–Trinajstić information content (AvgIpc) is 3.60. The minimum atomic E-state index is -4.79. The number of hydrogen-bond donors (Lipinski definition) is 0. The van der Waals surface area contributed by atoms with Crippen molar-refractivity contribution < 1.29 is 45.1 Å². The molecule has 1 fully saturated rings. The third-order valence-corrected chi connectivity index (χ3v) is 7.63. The Morgan fingerprint density at radius 2 is 1.40 bits per heavy atom. The summed E-state index contributed by atoms with van der Waals surface area (Å²) < 4.78 is 98.0. The lowest BCUT2D eigenvalue weighted by Gasteiger charge is -2.34. The molecule has 1 unspecified atom stereocenters. The molecule has 0 saturated carbocycles. The molecule has 0 spiro atoms. The first kappa shape index (κ1) is 29.9. The highest BCUT2D eigenvalue weighted by atomic mass is 19.4. The molecule has 2 aliphatic rings. The van der Waals surface area contributed by atoms with Gasteiger partial charge in [0.05, 0.1) is 22.4 Å². The number of carbonyl (C=O) groups is 1. The SMILES string of the molecule is CC1(C)C(n2oc(=O)n(-c3cccc(C(F)(F)F)c3)c2=O)N(c2cccc(C(F)(F)F)c2)C(=O)N1Cc1ccc2c(c1)OCO2. The summed E-state index contributed by atoms with van der Waals surface area (Å²) >= 11 is 0. The van der Waals surface area contributed by atoms with Crippen LogP contribution in [0.15, 0.2) is 80.8 Å². The lowest BCUT2D eigenvalue weighted by atomic mass is 9.99. The fourth-order valence-electron chi connectivity index (χ4n) is 5.44. The van der Waals surface area contributed by atoms with Crippen molar-refractivity contribution in [2.24, 2.45) is 0 Å². The number of aromatic nitrogens is 2. The minimum absolute atomic E-state index is 0.0108. The molecule has 3 heterocycles. The van der Waals surface area contributed by atoms with Gasteiger partial charge in [0.2, 0.25) is 6.79 Å². The van der Waals surface area contributed by atoms with E-state index in [0.29, 0.717) is 38.5 Å². The highest BCUT2D eigenvalue weighted by Gasteiger charge is 2.55. The maximum absolute atomic E-state index is 14.1. The van der Waals surface area contributed by atoms with Gasteiger partial charge in [-0.3, -0.25) is 4.90 Å². The lowest BCUT2D eigenvalue weighted by Crippen LogP contribution is -2.46. The van der Waals surface area contributed by atoms with Gasteiger partial charge in [-0.15, -0.1) is 4.74 Å². The van der Waals surface area contributed by atoms with Gasteiger partial charge in [0.15, 0.2) is 17.7 Å². The highest BCUT2D eigenvalue weighted by molar-refractivity contribution is 5.95. The van der Waals surface area contributed by atoms with E-state index >= 15 is 0 Å². The van der Waals surface area contributed by atoms with Gasteiger partial charge in [-0.05, 0) is 67.9 Å². The van der Waals surface area contributed by atoms with Crippen molar-refractivity contribution in [2.45, 2.75) is 44.4 Å². The van der Waals surface area contributed by atoms with Crippen LogP contribution in [0.25, 0.3) is 5.69 Å². The smallest absolute Gasteiger partial charge is 0.447 e. The highest BCUT2D eigenvalue weighted by Crippen LogP contribution is 2.45. The van der Waals surface area contributed by atoms with Gasteiger partial charge < -0.3 is 18.9 Å². The van der Waals surface area contributed by atoms with Gasteiger partial charge in [0.25, 0.3) is 0 Å². The molecule has 0 radical (unpaired) electrons. The Hall–Kier alpha value is -5.15. The van der Waals surface area contributed by atoms with E-state index in [2.05, 4.69) is 0 Å². The first-order chi connectivity index (χ1) is 21.1. The zero-order valence-electron chi connectivity index (χ0n) is 23.3. The molecular weight excluding hydrogens is 614 g/mol.